The van der Waals surface area contributed by atoms with Gasteiger partial charge in [0.05, 0.1) is 13.2 Å². The lowest BCUT2D eigenvalue weighted by molar-refractivity contribution is -0.146. The third kappa shape index (κ3) is 29.3. The topological polar surface area (TPSA) is 59.1 Å². The Morgan fingerprint density at radius 3 is 1.66 bits per heavy atom. The molecule has 0 aromatic carbocycles. The number of amides is 1. The van der Waals surface area contributed by atoms with Gasteiger partial charge in [-0.1, -0.05) is 109 Å². The first kappa shape index (κ1) is 42.6. The Bertz CT molecular complexity index is 667. The first-order chi connectivity index (χ1) is 21.4. The summed E-state index contributed by atoms with van der Waals surface area (Å²) in [7, 11) is 5.85. The van der Waals surface area contributed by atoms with Crippen LogP contribution in [0.25, 0.3) is 0 Å². The van der Waals surface area contributed by atoms with Crippen molar-refractivity contribution in [2.45, 2.75) is 162 Å². The highest BCUT2D eigenvalue weighted by Gasteiger charge is 2.20. The van der Waals surface area contributed by atoms with Crippen LogP contribution in [0.1, 0.15) is 162 Å². The van der Waals surface area contributed by atoms with E-state index in [1.165, 1.54) is 96.3 Å². The molecular formula is C38H74N2O4. The van der Waals surface area contributed by atoms with Crippen LogP contribution < -0.4 is 0 Å². The highest BCUT2D eigenvalue weighted by atomic mass is 16.5. The smallest absolute Gasteiger partial charge is 0.305 e. The van der Waals surface area contributed by atoms with Gasteiger partial charge in [-0.25, -0.2) is 0 Å². The van der Waals surface area contributed by atoms with E-state index in [4.69, 9.17) is 9.47 Å². The zero-order valence-corrected chi connectivity index (χ0v) is 30.1. The minimum absolute atomic E-state index is 0.000385. The summed E-state index contributed by atoms with van der Waals surface area (Å²) in [5, 5.41) is 0. The minimum atomic E-state index is -0.125. The van der Waals surface area contributed by atoms with Crippen molar-refractivity contribution in [3.63, 3.8) is 0 Å². The predicted octanol–water partition coefficient (Wildman–Crippen LogP) is 9.75. The summed E-state index contributed by atoms with van der Waals surface area (Å²) in [5.74, 6) is 0.103. The van der Waals surface area contributed by atoms with Crippen molar-refractivity contribution >= 4 is 11.9 Å². The number of methoxy groups -OCH3 is 1. The van der Waals surface area contributed by atoms with Crippen molar-refractivity contribution in [2.75, 3.05) is 54.1 Å². The van der Waals surface area contributed by atoms with Gasteiger partial charge in [0.2, 0.25) is 5.91 Å². The summed E-state index contributed by atoms with van der Waals surface area (Å²) < 4.78 is 11.1. The van der Waals surface area contributed by atoms with Gasteiger partial charge in [0.25, 0.3) is 0 Å². The molecule has 0 aliphatic heterocycles. The molecular weight excluding hydrogens is 548 g/mol. The average Bonchev–Trinajstić information content (AvgIpc) is 3.00. The van der Waals surface area contributed by atoms with Crippen LogP contribution in [0.15, 0.2) is 12.2 Å². The zero-order valence-electron chi connectivity index (χ0n) is 30.1. The van der Waals surface area contributed by atoms with Crippen LogP contribution in [-0.4, -0.2) is 75.7 Å². The minimum Gasteiger partial charge on any atom is -0.465 e. The molecule has 0 aromatic rings. The molecule has 0 spiro atoms. The largest absolute Gasteiger partial charge is 0.465 e. The third-order valence-electron chi connectivity index (χ3n) is 8.38. The van der Waals surface area contributed by atoms with E-state index in [1.54, 1.807) is 7.11 Å². The second kappa shape index (κ2) is 33.0. The summed E-state index contributed by atoms with van der Waals surface area (Å²) in [6, 6.07) is 0. The second-order valence-electron chi connectivity index (χ2n) is 13.2. The standard InChI is InChI=1S/C38H74N2O4/c1-6-8-10-12-14-15-16-17-18-19-20-21-22-24-26-30-38(42)44-35-36(34-43-5)33-40(32-28-27-31-39(3)4)37(41)29-25-23-13-11-9-7-2/h17-18,36H,6-16,19-35H2,1-5H3/b18-17-. The van der Waals surface area contributed by atoms with E-state index < -0.39 is 0 Å². The number of unbranched alkanes of at least 4 members (excludes halogenated alkanes) is 17. The van der Waals surface area contributed by atoms with Crippen LogP contribution in [0.4, 0.5) is 0 Å². The van der Waals surface area contributed by atoms with Crippen molar-refractivity contribution < 1.29 is 19.1 Å². The summed E-state index contributed by atoms with van der Waals surface area (Å²) in [5.41, 5.74) is 0. The first-order valence-corrected chi connectivity index (χ1v) is 18.7. The molecule has 0 rings (SSSR count). The SMILES string of the molecule is CCCCCCCC/C=C\CCCCCCCC(=O)OCC(COC)CN(CCCCN(C)C)C(=O)CCCCCCCC. The summed E-state index contributed by atoms with van der Waals surface area (Å²) in [6.45, 7) is 7.66. The van der Waals surface area contributed by atoms with E-state index in [0.29, 0.717) is 32.6 Å². The molecule has 0 aromatic heterocycles. The molecule has 1 atom stereocenters. The lowest BCUT2D eigenvalue weighted by atomic mass is 10.1. The van der Waals surface area contributed by atoms with E-state index in [2.05, 4.69) is 45.0 Å². The Hall–Kier alpha value is -1.40. The number of nitrogens with zero attached hydrogens (tertiary/aromatic N) is 2. The van der Waals surface area contributed by atoms with Gasteiger partial charge < -0.3 is 19.3 Å². The monoisotopic (exact) mass is 623 g/mol. The molecule has 44 heavy (non-hydrogen) atoms. The van der Waals surface area contributed by atoms with Crippen molar-refractivity contribution in [3.05, 3.63) is 12.2 Å². The fourth-order valence-electron chi connectivity index (χ4n) is 5.59. The molecule has 6 heteroatoms. The molecule has 1 amide bonds. The molecule has 0 saturated carbocycles. The number of carbonyl (C=O) groups is 2. The average molecular weight is 623 g/mol. The van der Waals surface area contributed by atoms with Gasteiger partial charge in [0.15, 0.2) is 0 Å². The Labute approximate surface area is 274 Å². The van der Waals surface area contributed by atoms with Crippen molar-refractivity contribution in [3.8, 4) is 0 Å². The molecule has 1 unspecified atom stereocenters. The molecule has 0 fully saturated rings. The fraction of sp³-hybridized carbons (Fsp3) is 0.895. The number of allylic oxidation sites excluding steroid dienone is 2. The summed E-state index contributed by atoms with van der Waals surface area (Å²) >= 11 is 0. The highest BCUT2D eigenvalue weighted by Crippen LogP contribution is 2.14. The van der Waals surface area contributed by atoms with Crippen LogP contribution in [0.5, 0.6) is 0 Å². The fourth-order valence-corrected chi connectivity index (χ4v) is 5.59. The van der Waals surface area contributed by atoms with Crippen molar-refractivity contribution in [1.29, 1.82) is 0 Å². The lowest BCUT2D eigenvalue weighted by Crippen LogP contribution is -2.39. The van der Waals surface area contributed by atoms with Crippen LogP contribution in [0, 0.1) is 5.92 Å². The maximum Gasteiger partial charge on any atom is 0.305 e. The number of ether oxygens (including phenoxy) is 2. The molecule has 0 N–H and O–H groups in total. The van der Waals surface area contributed by atoms with Gasteiger partial charge >= 0.3 is 5.97 Å². The third-order valence-corrected chi connectivity index (χ3v) is 8.38. The van der Waals surface area contributed by atoms with Gasteiger partial charge in [-0.05, 0) is 72.0 Å². The number of rotatable bonds is 33. The Morgan fingerprint density at radius 2 is 1.11 bits per heavy atom. The molecule has 0 aliphatic carbocycles. The van der Waals surface area contributed by atoms with Gasteiger partial charge in [-0.3, -0.25) is 9.59 Å². The van der Waals surface area contributed by atoms with Crippen LogP contribution in [0.2, 0.25) is 0 Å². The van der Waals surface area contributed by atoms with E-state index in [1.807, 2.05) is 4.90 Å². The van der Waals surface area contributed by atoms with Crippen LogP contribution >= 0.6 is 0 Å². The summed E-state index contributed by atoms with van der Waals surface area (Å²) in [4.78, 5) is 29.8. The molecule has 0 heterocycles. The Morgan fingerprint density at radius 1 is 0.614 bits per heavy atom. The maximum atomic E-state index is 13.2. The van der Waals surface area contributed by atoms with E-state index in [-0.39, 0.29) is 17.8 Å². The van der Waals surface area contributed by atoms with Gasteiger partial charge in [0.1, 0.15) is 0 Å². The van der Waals surface area contributed by atoms with Crippen LogP contribution in [0.3, 0.4) is 0 Å². The highest BCUT2D eigenvalue weighted by molar-refractivity contribution is 5.76. The second-order valence-corrected chi connectivity index (χ2v) is 13.2. The molecule has 0 aliphatic rings. The Balaban J connectivity index is 4.28. The van der Waals surface area contributed by atoms with E-state index >= 15 is 0 Å². The van der Waals surface area contributed by atoms with Gasteiger partial charge in [0, 0.05) is 39.0 Å². The molecule has 0 bridgehead atoms. The quantitative estimate of drug-likeness (QED) is 0.0414. The lowest BCUT2D eigenvalue weighted by Gasteiger charge is -2.28. The molecule has 6 nitrogen and oxygen atoms in total. The Kier molecular flexibility index (Phi) is 31.9. The number of carbonyl (C=O) groups excluding carboxylic acids is 2. The molecule has 260 valence electrons. The maximum absolute atomic E-state index is 13.2. The number of hydrogen-bond donors (Lipinski definition) is 0. The summed E-state index contributed by atoms with van der Waals surface area (Å²) in [6.07, 6.45) is 31.1. The van der Waals surface area contributed by atoms with E-state index in [9.17, 15) is 9.59 Å². The van der Waals surface area contributed by atoms with Crippen LogP contribution in [-0.2, 0) is 19.1 Å². The van der Waals surface area contributed by atoms with Crippen molar-refractivity contribution in [1.82, 2.24) is 9.80 Å². The first-order valence-electron chi connectivity index (χ1n) is 18.7. The zero-order chi connectivity index (χ0) is 32.5. The van der Waals surface area contributed by atoms with Gasteiger partial charge in [-0.2, -0.15) is 0 Å². The van der Waals surface area contributed by atoms with Crippen molar-refractivity contribution in [2.24, 2.45) is 5.92 Å². The number of esters is 1. The predicted molar refractivity (Wildman–Crippen MR) is 188 cm³/mol. The van der Waals surface area contributed by atoms with E-state index in [0.717, 1.165) is 51.6 Å². The van der Waals surface area contributed by atoms with Gasteiger partial charge in [-0.15, -0.1) is 0 Å². The normalized spacial score (nSPS) is 12.3. The number of hydrogen-bond acceptors (Lipinski definition) is 5. The molecule has 0 saturated heterocycles. The molecule has 0 radical (unpaired) electrons.